The van der Waals surface area contributed by atoms with Crippen LogP contribution in [-0.4, -0.2) is 53.6 Å². The summed E-state index contributed by atoms with van der Waals surface area (Å²) in [6.45, 7) is 5.30. The number of hydrogen-bond acceptors (Lipinski definition) is 6. The molecule has 0 aromatic carbocycles. The Morgan fingerprint density at radius 3 is 2.82 bits per heavy atom. The summed E-state index contributed by atoms with van der Waals surface area (Å²) in [6, 6.07) is 6.33. The van der Waals surface area contributed by atoms with Crippen molar-refractivity contribution < 1.29 is 4.42 Å². The predicted molar refractivity (Wildman–Crippen MR) is 114 cm³/mol. The minimum Gasteiger partial charge on any atom is -0.465 e. The Morgan fingerprint density at radius 2 is 2.00 bits per heavy atom. The summed E-state index contributed by atoms with van der Waals surface area (Å²) in [5.74, 6) is 2.73. The SMILES string of the molecule is C(=C\c1ccco1)/CN1CCCC(Nc2nccc(N3CCCCCC3)n2)C1. The van der Waals surface area contributed by atoms with Crippen LogP contribution in [0.2, 0.25) is 0 Å². The van der Waals surface area contributed by atoms with Crippen LogP contribution in [0, 0.1) is 0 Å². The zero-order valence-corrected chi connectivity index (χ0v) is 16.6. The first-order valence-corrected chi connectivity index (χ1v) is 10.6. The molecule has 4 rings (SSSR count). The van der Waals surface area contributed by atoms with Crippen LogP contribution in [0.3, 0.4) is 0 Å². The van der Waals surface area contributed by atoms with E-state index < -0.39 is 0 Å². The molecule has 4 heterocycles. The van der Waals surface area contributed by atoms with Gasteiger partial charge in [-0.2, -0.15) is 4.98 Å². The van der Waals surface area contributed by atoms with Crippen molar-refractivity contribution in [3.63, 3.8) is 0 Å². The summed E-state index contributed by atoms with van der Waals surface area (Å²) in [5.41, 5.74) is 0. The van der Waals surface area contributed by atoms with Crippen molar-refractivity contribution in [2.45, 2.75) is 44.6 Å². The van der Waals surface area contributed by atoms with Gasteiger partial charge in [0.25, 0.3) is 0 Å². The first kappa shape index (κ1) is 19.0. The van der Waals surface area contributed by atoms with Crippen LogP contribution in [-0.2, 0) is 0 Å². The first-order chi connectivity index (χ1) is 13.9. The number of nitrogens with zero attached hydrogens (tertiary/aromatic N) is 4. The van der Waals surface area contributed by atoms with Gasteiger partial charge in [-0.05, 0) is 56.5 Å². The number of anilines is 2. The van der Waals surface area contributed by atoms with Gasteiger partial charge in [0, 0.05) is 38.4 Å². The third kappa shape index (κ3) is 5.35. The zero-order valence-electron chi connectivity index (χ0n) is 16.6. The van der Waals surface area contributed by atoms with Crippen molar-refractivity contribution in [2.75, 3.05) is 42.9 Å². The van der Waals surface area contributed by atoms with Gasteiger partial charge in [-0.25, -0.2) is 4.98 Å². The maximum Gasteiger partial charge on any atom is 0.224 e. The molecular formula is C22H31N5O. The van der Waals surface area contributed by atoms with Gasteiger partial charge in [-0.3, -0.25) is 4.90 Å². The molecule has 2 saturated heterocycles. The van der Waals surface area contributed by atoms with Gasteiger partial charge < -0.3 is 14.6 Å². The fourth-order valence-corrected chi connectivity index (χ4v) is 4.12. The Kier molecular flexibility index (Phi) is 6.60. The zero-order chi connectivity index (χ0) is 19.0. The van der Waals surface area contributed by atoms with E-state index in [-0.39, 0.29) is 0 Å². The van der Waals surface area contributed by atoms with E-state index in [2.05, 4.69) is 26.2 Å². The number of piperidine rings is 1. The van der Waals surface area contributed by atoms with Gasteiger partial charge in [0.05, 0.1) is 6.26 Å². The van der Waals surface area contributed by atoms with E-state index in [0.29, 0.717) is 6.04 Å². The number of nitrogens with one attached hydrogen (secondary N) is 1. The molecule has 2 aliphatic heterocycles. The van der Waals surface area contributed by atoms with Gasteiger partial charge in [0.2, 0.25) is 5.95 Å². The van der Waals surface area contributed by atoms with Crippen molar-refractivity contribution in [1.29, 1.82) is 0 Å². The van der Waals surface area contributed by atoms with Crippen molar-refractivity contribution >= 4 is 17.8 Å². The molecule has 6 heteroatoms. The second kappa shape index (κ2) is 9.73. The summed E-state index contributed by atoms with van der Waals surface area (Å²) >= 11 is 0. The molecule has 6 nitrogen and oxygen atoms in total. The summed E-state index contributed by atoms with van der Waals surface area (Å²) in [4.78, 5) is 14.2. The molecule has 0 spiro atoms. The van der Waals surface area contributed by atoms with E-state index in [4.69, 9.17) is 9.40 Å². The number of furan rings is 1. The summed E-state index contributed by atoms with van der Waals surface area (Å²) < 4.78 is 5.35. The van der Waals surface area contributed by atoms with E-state index in [0.717, 1.165) is 56.7 Å². The molecular weight excluding hydrogens is 350 g/mol. The Balaban J connectivity index is 1.31. The predicted octanol–water partition coefficient (Wildman–Crippen LogP) is 4.04. The minimum atomic E-state index is 0.394. The highest BCUT2D eigenvalue weighted by molar-refractivity contribution is 5.43. The number of rotatable bonds is 6. The van der Waals surface area contributed by atoms with Crippen LogP contribution in [0.4, 0.5) is 11.8 Å². The van der Waals surface area contributed by atoms with E-state index in [9.17, 15) is 0 Å². The summed E-state index contributed by atoms with van der Waals surface area (Å²) in [6.07, 6.45) is 15.4. The lowest BCUT2D eigenvalue weighted by molar-refractivity contribution is 0.237. The molecule has 0 radical (unpaired) electrons. The third-order valence-corrected chi connectivity index (χ3v) is 5.60. The molecule has 0 bridgehead atoms. The highest BCUT2D eigenvalue weighted by Gasteiger charge is 2.20. The quantitative estimate of drug-likeness (QED) is 0.815. The molecule has 1 N–H and O–H groups in total. The van der Waals surface area contributed by atoms with Crippen LogP contribution in [0.15, 0.2) is 41.2 Å². The topological polar surface area (TPSA) is 57.4 Å². The Labute approximate surface area is 167 Å². The molecule has 2 aromatic rings. The van der Waals surface area contributed by atoms with Gasteiger partial charge in [-0.15, -0.1) is 0 Å². The third-order valence-electron chi connectivity index (χ3n) is 5.60. The maximum absolute atomic E-state index is 5.35. The van der Waals surface area contributed by atoms with Crippen LogP contribution < -0.4 is 10.2 Å². The van der Waals surface area contributed by atoms with Crippen LogP contribution in [0.25, 0.3) is 6.08 Å². The highest BCUT2D eigenvalue weighted by Crippen LogP contribution is 2.19. The van der Waals surface area contributed by atoms with E-state index >= 15 is 0 Å². The fraction of sp³-hybridized carbons (Fsp3) is 0.545. The molecule has 0 amide bonds. The van der Waals surface area contributed by atoms with Gasteiger partial charge in [0.15, 0.2) is 0 Å². The standard InChI is InChI=1S/C22H31N5O/c1-2-4-16-27(15-3-1)21-11-12-23-22(25-21)24-19-8-5-13-26(18-19)14-6-9-20-10-7-17-28-20/h6-7,9-12,17,19H,1-5,8,13-16,18H2,(H,23,24,25)/b9-6+. The monoisotopic (exact) mass is 381 g/mol. The largest absolute Gasteiger partial charge is 0.465 e. The Bertz CT molecular complexity index is 737. The molecule has 2 aromatic heterocycles. The summed E-state index contributed by atoms with van der Waals surface area (Å²) in [5, 5.41) is 3.58. The molecule has 2 aliphatic rings. The van der Waals surface area contributed by atoms with Crippen molar-refractivity contribution in [2.24, 2.45) is 0 Å². The lowest BCUT2D eigenvalue weighted by atomic mass is 10.1. The maximum atomic E-state index is 5.35. The fourth-order valence-electron chi connectivity index (χ4n) is 4.12. The van der Waals surface area contributed by atoms with Crippen LogP contribution in [0.5, 0.6) is 0 Å². The second-order valence-corrected chi connectivity index (χ2v) is 7.80. The van der Waals surface area contributed by atoms with Gasteiger partial charge >= 0.3 is 0 Å². The van der Waals surface area contributed by atoms with Crippen LogP contribution >= 0.6 is 0 Å². The van der Waals surface area contributed by atoms with E-state index in [1.807, 2.05) is 30.5 Å². The highest BCUT2D eigenvalue weighted by atomic mass is 16.3. The van der Waals surface area contributed by atoms with Gasteiger partial charge in [-0.1, -0.05) is 18.9 Å². The minimum absolute atomic E-state index is 0.394. The van der Waals surface area contributed by atoms with E-state index in [1.165, 1.54) is 32.1 Å². The lowest BCUT2D eigenvalue weighted by Gasteiger charge is -2.32. The Morgan fingerprint density at radius 1 is 1.11 bits per heavy atom. The smallest absolute Gasteiger partial charge is 0.224 e. The molecule has 1 unspecified atom stereocenters. The van der Waals surface area contributed by atoms with Crippen molar-refractivity contribution in [1.82, 2.24) is 14.9 Å². The van der Waals surface area contributed by atoms with Crippen LogP contribution in [0.1, 0.15) is 44.3 Å². The second-order valence-electron chi connectivity index (χ2n) is 7.80. The number of likely N-dealkylation sites (tertiary alicyclic amines) is 1. The Hall–Kier alpha value is -2.34. The summed E-state index contributed by atoms with van der Waals surface area (Å²) in [7, 11) is 0. The molecule has 1 atom stereocenters. The molecule has 150 valence electrons. The van der Waals surface area contributed by atoms with Crippen molar-refractivity contribution in [3.05, 3.63) is 42.5 Å². The van der Waals surface area contributed by atoms with Gasteiger partial charge in [0.1, 0.15) is 11.6 Å². The number of aromatic nitrogens is 2. The molecule has 28 heavy (non-hydrogen) atoms. The molecule has 2 fully saturated rings. The average molecular weight is 382 g/mol. The van der Waals surface area contributed by atoms with E-state index in [1.54, 1.807) is 6.26 Å². The molecule has 0 aliphatic carbocycles. The lowest BCUT2D eigenvalue weighted by Crippen LogP contribution is -2.42. The van der Waals surface area contributed by atoms with Crippen molar-refractivity contribution in [3.8, 4) is 0 Å². The first-order valence-electron chi connectivity index (χ1n) is 10.6. The molecule has 0 saturated carbocycles. The number of hydrogen-bond donors (Lipinski definition) is 1. The average Bonchev–Trinajstić information content (AvgIpc) is 3.08. The normalized spacial score (nSPS) is 21.7.